The average molecular weight is 159 g/mol. The summed E-state index contributed by atoms with van der Waals surface area (Å²) in [6.45, 7) is 2.54. The van der Waals surface area contributed by atoms with Gasteiger partial charge in [0.2, 0.25) is 0 Å². The van der Waals surface area contributed by atoms with Crippen LogP contribution in [0.4, 0.5) is 0 Å². The Morgan fingerprint density at radius 1 is 1.60 bits per heavy atom. The van der Waals surface area contributed by atoms with Crippen LogP contribution in [0.15, 0.2) is 18.3 Å². The van der Waals surface area contributed by atoms with Gasteiger partial charge < -0.3 is 5.73 Å². The summed E-state index contributed by atoms with van der Waals surface area (Å²) in [7, 11) is 0. The Balaban J connectivity index is 0.000000810. The first-order chi connectivity index (χ1) is 4.34. The summed E-state index contributed by atoms with van der Waals surface area (Å²) in [6.07, 6.45) is 1.77. The second kappa shape index (κ2) is 4.25. The van der Waals surface area contributed by atoms with E-state index in [0.29, 0.717) is 6.54 Å². The molecule has 2 N–H and O–H groups in total. The third-order valence-electron chi connectivity index (χ3n) is 1.34. The second-order valence-electron chi connectivity index (χ2n) is 1.95. The number of aryl methyl sites for hydroxylation is 1. The maximum Gasteiger partial charge on any atom is 0.0417 e. The highest BCUT2D eigenvalue weighted by molar-refractivity contribution is 5.85. The van der Waals surface area contributed by atoms with Crippen molar-refractivity contribution in [3.63, 3.8) is 0 Å². The zero-order valence-corrected chi connectivity index (χ0v) is 6.69. The summed E-state index contributed by atoms with van der Waals surface area (Å²) in [4.78, 5) is 4.07. The lowest BCUT2D eigenvalue weighted by Crippen LogP contribution is -1.99. The number of pyridine rings is 1. The molecular formula is C7H11ClN2. The van der Waals surface area contributed by atoms with Crippen LogP contribution in [-0.4, -0.2) is 4.98 Å². The number of hydrogen-bond acceptors (Lipinski definition) is 2. The molecule has 0 unspecified atom stereocenters. The minimum atomic E-state index is 0. The molecule has 10 heavy (non-hydrogen) atoms. The fourth-order valence-corrected chi connectivity index (χ4v) is 0.733. The van der Waals surface area contributed by atoms with E-state index in [0.717, 1.165) is 11.3 Å². The van der Waals surface area contributed by atoms with E-state index in [1.165, 1.54) is 0 Å². The molecule has 0 spiro atoms. The Kier molecular flexibility index (Phi) is 4.00. The van der Waals surface area contributed by atoms with Gasteiger partial charge in [-0.2, -0.15) is 0 Å². The van der Waals surface area contributed by atoms with Crippen molar-refractivity contribution in [3.8, 4) is 0 Å². The third kappa shape index (κ3) is 1.97. The molecule has 0 bridgehead atoms. The molecule has 0 aliphatic heterocycles. The van der Waals surface area contributed by atoms with Crippen LogP contribution in [0, 0.1) is 6.92 Å². The fraction of sp³-hybridized carbons (Fsp3) is 0.286. The predicted molar refractivity (Wildman–Crippen MR) is 44.1 cm³/mol. The third-order valence-corrected chi connectivity index (χ3v) is 1.34. The summed E-state index contributed by atoms with van der Waals surface area (Å²) in [5.74, 6) is 0. The monoisotopic (exact) mass is 158 g/mol. The van der Waals surface area contributed by atoms with Crippen molar-refractivity contribution in [1.29, 1.82) is 0 Å². The number of aromatic nitrogens is 1. The molecule has 0 aliphatic rings. The molecule has 1 aromatic heterocycles. The van der Waals surface area contributed by atoms with Crippen LogP contribution in [0.25, 0.3) is 0 Å². The van der Waals surface area contributed by atoms with Crippen molar-refractivity contribution in [2.45, 2.75) is 13.5 Å². The molecule has 0 saturated heterocycles. The zero-order chi connectivity index (χ0) is 6.69. The van der Waals surface area contributed by atoms with Crippen LogP contribution in [0.2, 0.25) is 0 Å². The first-order valence-corrected chi connectivity index (χ1v) is 2.95. The van der Waals surface area contributed by atoms with Gasteiger partial charge in [0.05, 0.1) is 0 Å². The van der Waals surface area contributed by atoms with Gasteiger partial charge in [0.15, 0.2) is 0 Å². The van der Waals surface area contributed by atoms with Crippen LogP contribution in [-0.2, 0) is 6.54 Å². The molecule has 0 aromatic carbocycles. The Bertz CT molecular complexity index is 201. The second-order valence-corrected chi connectivity index (χ2v) is 1.95. The highest BCUT2D eigenvalue weighted by atomic mass is 35.5. The van der Waals surface area contributed by atoms with Gasteiger partial charge in [-0.15, -0.1) is 12.4 Å². The molecule has 0 aliphatic carbocycles. The highest BCUT2D eigenvalue weighted by Gasteiger charge is 1.91. The van der Waals surface area contributed by atoms with Crippen LogP contribution in [0.3, 0.4) is 0 Å². The van der Waals surface area contributed by atoms with Gasteiger partial charge in [0.1, 0.15) is 0 Å². The van der Waals surface area contributed by atoms with Crippen molar-refractivity contribution < 1.29 is 0 Å². The van der Waals surface area contributed by atoms with E-state index in [-0.39, 0.29) is 12.4 Å². The summed E-state index contributed by atoms with van der Waals surface area (Å²) < 4.78 is 0. The Morgan fingerprint density at radius 2 is 2.30 bits per heavy atom. The fourth-order valence-electron chi connectivity index (χ4n) is 0.733. The Labute approximate surface area is 66.9 Å². The summed E-state index contributed by atoms with van der Waals surface area (Å²) in [6, 6.07) is 3.89. The molecule has 0 saturated carbocycles. The van der Waals surface area contributed by atoms with Crippen molar-refractivity contribution in [1.82, 2.24) is 4.98 Å². The lowest BCUT2D eigenvalue weighted by Gasteiger charge is -1.97. The van der Waals surface area contributed by atoms with Crippen LogP contribution in [0.1, 0.15) is 11.3 Å². The van der Waals surface area contributed by atoms with Crippen molar-refractivity contribution >= 4 is 12.4 Å². The quantitative estimate of drug-likeness (QED) is 0.669. The number of hydrogen-bond donors (Lipinski definition) is 1. The topological polar surface area (TPSA) is 38.9 Å². The van der Waals surface area contributed by atoms with E-state index in [4.69, 9.17) is 5.73 Å². The Morgan fingerprint density at radius 3 is 2.70 bits per heavy atom. The van der Waals surface area contributed by atoms with E-state index in [9.17, 15) is 0 Å². The molecule has 0 fully saturated rings. The molecule has 3 heteroatoms. The van der Waals surface area contributed by atoms with Crippen LogP contribution >= 0.6 is 12.4 Å². The minimum Gasteiger partial charge on any atom is -0.326 e. The predicted octanol–water partition coefficient (Wildman–Crippen LogP) is 1.27. The van der Waals surface area contributed by atoms with Crippen molar-refractivity contribution in [3.05, 3.63) is 29.6 Å². The molecular weight excluding hydrogens is 148 g/mol. The van der Waals surface area contributed by atoms with E-state index >= 15 is 0 Å². The van der Waals surface area contributed by atoms with Gasteiger partial charge in [-0.1, -0.05) is 6.07 Å². The van der Waals surface area contributed by atoms with Gasteiger partial charge in [0.25, 0.3) is 0 Å². The molecule has 1 aromatic rings. The number of rotatable bonds is 1. The summed E-state index contributed by atoms with van der Waals surface area (Å²) in [5, 5.41) is 0. The van der Waals surface area contributed by atoms with E-state index < -0.39 is 0 Å². The molecule has 56 valence electrons. The SMILES string of the molecule is Cc1ncccc1CN.Cl. The van der Waals surface area contributed by atoms with Gasteiger partial charge >= 0.3 is 0 Å². The molecule has 1 heterocycles. The van der Waals surface area contributed by atoms with Crippen molar-refractivity contribution in [2.75, 3.05) is 0 Å². The maximum atomic E-state index is 5.41. The number of nitrogens with zero attached hydrogens (tertiary/aromatic N) is 1. The first kappa shape index (κ1) is 9.40. The van der Waals surface area contributed by atoms with Gasteiger partial charge in [-0.3, -0.25) is 4.98 Å². The minimum absolute atomic E-state index is 0. The van der Waals surface area contributed by atoms with Crippen LogP contribution < -0.4 is 5.73 Å². The van der Waals surface area contributed by atoms with E-state index in [2.05, 4.69) is 4.98 Å². The smallest absolute Gasteiger partial charge is 0.0417 e. The summed E-state index contributed by atoms with van der Waals surface area (Å²) in [5.41, 5.74) is 7.56. The lowest BCUT2D eigenvalue weighted by atomic mass is 10.2. The largest absolute Gasteiger partial charge is 0.326 e. The van der Waals surface area contributed by atoms with E-state index in [1.807, 2.05) is 19.1 Å². The number of halogens is 1. The van der Waals surface area contributed by atoms with Crippen LogP contribution in [0.5, 0.6) is 0 Å². The van der Waals surface area contributed by atoms with Crippen molar-refractivity contribution in [2.24, 2.45) is 5.73 Å². The van der Waals surface area contributed by atoms with E-state index in [1.54, 1.807) is 6.20 Å². The maximum absolute atomic E-state index is 5.41. The normalized spacial score (nSPS) is 8.60. The number of nitrogens with two attached hydrogens (primary N) is 1. The molecule has 0 atom stereocenters. The first-order valence-electron chi connectivity index (χ1n) is 2.95. The van der Waals surface area contributed by atoms with Gasteiger partial charge in [0, 0.05) is 18.4 Å². The molecule has 0 amide bonds. The standard InChI is InChI=1S/C7H10N2.ClH/c1-6-7(5-8)3-2-4-9-6;/h2-4H,5,8H2,1H3;1H. The van der Waals surface area contributed by atoms with Gasteiger partial charge in [-0.05, 0) is 18.6 Å². The average Bonchev–Trinajstić information content (AvgIpc) is 1.89. The summed E-state index contributed by atoms with van der Waals surface area (Å²) >= 11 is 0. The molecule has 2 nitrogen and oxygen atoms in total. The Hall–Kier alpha value is -0.600. The molecule has 0 radical (unpaired) electrons. The highest BCUT2D eigenvalue weighted by Crippen LogP contribution is 2.00. The molecule has 1 rings (SSSR count). The van der Waals surface area contributed by atoms with Gasteiger partial charge in [-0.25, -0.2) is 0 Å². The zero-order valence-electron chi connectivity index (χ0n) is 5.87. The lowest BCUT2D eigenvalue weighted by molar-refractivity contribution is 1.01.